The van der Waals surface area contributed by atoms with E-state index >= 15 is 0 Å². The van der Waals surface area contributed by atoms with E-state index in [2.05, 4.69) is 10.0 Å². The molecular formula is C12H15N3O. The second-order valence-corrected chi connectivity index (χ2v) is 4.04. The zero-order chi connectivity index (χ0) is 11.2. The summed E-state index contributed by atoms with van der Waals surface area (Å²) >= 11 is 0. The molecule has 16 heavy (non-hydrogen) atoms. The van der Waals surface area contributed by atoms with Gasteiger partial charge in [-0.3, -0.25) is 0 Å². The van der Waals surface area contributed by atoms with Crippen LogP contribution in [0, 0.1) is 0 Å². The van der Waals surface area contributed by atoms with E-state index in [1.807, 2.05) is 30.3 Å². The molecule has 1 aliphatic rings. The van der Waals surface area contributed by atoms with E-state index in [1.165, 1.54) is 0 Å². The van der Waals surface area contributed by atoms with E-state index in [0.29, 0.717) is 6.61 Å². The molecule has 1 fully saturated rings. The number of ether oxygens (including phenoxy) is 1. The van der Waals surface area contributed by atoms with E-state index in [0.717, 1.165) is 24.8 Å². The van der Waals surface area contributed by atoms with Crippen molar-refractivity contribution in [2.24, 2.45) is 5.11 Å². The molecular weight excluding hydrogens is 202 g/mol. The maximum atomic E-state index is 8.43. The molecule has 0 bridgehead atoms. The average Bonchev–Trinajstić information content (AvgIpc) is 2.76. The molecule has 0 radical (unpaired) electrons. The lowest BCUT2D eigenvalue weighted by Gasteiger charge is -2.15. The molecule has 0 N–H and O–H groups in total. The van der Waals surface area contributed by atoms with Gasteiger partial charge in [-0.15, -0.1) is 0 Å². The lowest BCUT2D eigenvalue weighted by Crippen LogP contribution is -2.20. The van der Waals surface area contributed by atoms with E-state index in [9.17, 15) is 0 Å². The van der Waals surface area contributed by atoms with E-state index in [4.69, 9.17) is 10.3 Å². The summed E-state index contributed by atoms with van der Waals surface area (Å²) < 4.78 is 5.79. The number of azide groups is 1. The highest BCUT2D eigenvalue weighted by Crippen LogP contribution is 2.25. The normalized spacial score (nSPS) is 24.0. The van der Waals surface area contributed by atoms with Crippen LogP contribution < -0.4 is 0 Å². The summed E-state index contributed by atoms with van der Waals surface area (Å²) in [5.41, 5.74) is 9.59. The fourth-order valence-electron chi connectivity index (χ4n) is 2.08. The molecule has 0 spiro atoms. The Labute approximate surface area is 94.9 Å². The van der Waals surface area contributed by atoms with Crippen LogP contribution >= 0.6 is 0 Å². The molecule has 2 atom stereocenters. The standard InChI is InChI=1S/C12H15N3O/c13-15-14-11-7-4-8-12(11)16-9-10-5-2-1-3-6-10/h1-3,5-6,11-12H,4,7-9H2/t11-,12-/m1/s1. The predicted octanol–water partition coefficient (Wildman–Crippen LogP) is 3.43. The summed E-state index contributed by atoms with van der Waals surface area (Å²) in [6.45, 7) is 0.600. The monoisotopic (exact) mass is 217 g/mol. The molecule has 0 aliphatic heterocycles. The van der Waals surface area contributed by atoms with Crippen molar-refractivity contribution >= 4 is 0 Å². The molecule has 1 saturated carbocycles. The third-order valence-electron chi connectivity index (χ3n) is 2.92. The molecule has 0 unspecified atom stereocenters. The van der Waals surface area contributed by atoms with Gasteiger partial charge in [-0.2, -0.15) is 0 Å². The maximum Gasteiger partial charge on any atom is 0.0720 e. The van der Waals surface area contributed by atoms with Gasteiger partial charge in [-0.05, 0) is 23.9 Å². The van der Waals surface area contributed by atoms with Crippen LogP contribution in [-0.2, 0) is 11.3 Å². The summed E-state index contributed by atoms with van der Waals surface area (Å²) in [4.78, 5) is 2.87. The van der Waals surface area contributed by atoms with Gasteiger partial charge in [-0.25, -0.2) is 0 Å². The van der Waals surface area contributed by atoms with Crippen LogP contribution in [-0.4, -0.2) is 12.1 Å². The minimum atomic E-state index is 0.0220. The van der Waals surface area contributed by atoms with Crippen molar-refractivity contribution in [2.75, 3.05) is 0 Å². The quantitative estimate of drug-likeness (QED) is 0.433. The smallest absolute Gasteiger partial charge is 0.0720 e. The lowest BCUT2D eigenvalue weighted by atomic mass is 10.2. The first-order valence-electron chi connectivity index (χ1n) is 5.60. The van der Waals surface area contributed by atoms with Gasteiger partial charge in [0, 0.05) is 4.91 Å². The minimum absolute atomic E-state index is 0.0220. The molecule has 0 amide bonds. The number of hydrogen-bond acceptors (Lipinski definition) is 2. The van der Waals surface area contributed by atoms with Crippen molar-refractivity contribution in [3.05, 3.63) is 46.3 Å². The SMILES string of the molecule is [N-]=[N+]=N[C@@H]1CCC[C@H]1OCc1ccccc1. The average molecular weight is 217 g/mol. The number of hydrogen-bond donors (Lipinski definition) is 0. The highest BCUT2D eigenvalue weighted by Gasteiger charge is 2.26. The number of rotatable bonds is 4. The minimum Gasteiger partial charge on any atom is -0.373 e. The Balaban J connectivity index is 1.88. The molecule has 84 valence electrons. The third kappa shape index (κ3) is 2.75. The van der Waals surface area contributed by atoms with Crippen molar-refractivity contribution in [3.63, 3.8) is 0 Å². The summed E-state index contributed by atoms with van der Waals surface area (Å²) in [7, 11) is 0. The second-order valence-electron chi connectivity index (χ2n) is 4.04. The van der Waals surface area contributed by atoms with Crippen LogP contribution in [0.3, 0.4) is 0 Å². The molecule has 2 rings (SSSR count). The Morgan fingerprint density at radius 2 is 2.12 bits per heavy atom. The Morgan fingerprint density at radius 3 is 2.88 bits per heavy atom. The topological polar surface area (TPSA) is 58.0 Å². The summed E-state index contributed by atoms with van der Waals surface area (Å²) in [5, 5.41) is 3.77. The van der Waals surface area contributed by atoms with Gasteiger partial charge < -0.3 is 4.74 Å². The predicted molar refractivity (Wildman–Crippen MR) is 61.8 cm³/mol. The highest BCUT2D eigenvalue weighted by molar-refractivity contribution is 5.13. The van der Waals surface area contributed by atoms with Crippen molar-refractivity contribution < 1.29 is 4.74 Å². The van der Waals surface area contributed by atoms with Crippen molar-refractivity contribution in [1.29, 1.82) is 0 Å². The molecule has 0 heterocycles. The molecule has 0 saturated heterocycles. The first kappa shape index (κ1) is 11.0. The van der Waals surface area contributed by atoms with E-state index in [1.54, 1.807) is 0 Å². The fourth-order valence-corrected chi connectivity index (χ4v) is 2.08. The second kappa shape index (κ2) is 5.54. The van der Waals surface area contributed by atoms with Gasteiger partial charge in [0.2, 0.25) is 0 Å². The van der Waals surface area contributed by atoms with Gasteiger partial charge in [0.1, 0.15) is 0 Å². The number of benzene rings is 1. The molecule has 1 aromatic rings. The number of nitrogens with zero attached hydrogens (tertiary/aromatic N) is 3. The zero-order valence-corrected chi connectivity index (χ0v) is 9.12. The van der Waals surface area contributed by atoms with E-state index < -0.39 is 0 Å². The van der Waals surface area contributed by atoms with Crippen LogP contribution in [0.25, 0.3) is 10.4 Å². The van der Waals surface area contributed by atoms with Gasteiger partial charge in [0.15, 0.2) is 0 Å². The van der Waals surface area contributed by atoms with Gasteiger partial charge in [0.25, 0.3) is 0 Å². The van der Waals surface area contributed by atoms with Gasteiger partial charge >= 0.3 is 0 Å². The van der Waals surface area contributed by atoms with Crippen LogP contribution in [0.4, 0.5) is 0 Å². The summed E-state index contributed by atoms with van der Waals surface area (Å²) in [5.74, 6) is 0. The largest absolute Gasteiger partial charge is 0.373 e. The van der Waals surface area contributed by atoms with Crippen molar-refractivity contribution in [1.82, 2.24) is 0 Å². The maximum absolute atomic E-state index is 8.43. The Morgan fingerprint density at radius 1 is 1.31 bits per heavy atom. The van der Waals surface area contributed by atoms with Crippen LogP contribution in [0.1, 0.15) is 24.8 Å². The van der Waals surface area contributed by atoms with Crippen LogP contribution in [0.5, 0.6) is 0 Å². The Kier molecular flexibility index (Phi) is 3.81. The molecule has 1 aromatic carbocycles. The van der Waals surface area contributed by atoms with Crippen molar-refractivity contribution in [2.45, 2.75) is 38.0 Å². The lowest BCUT2D eigenvalue weighted by molar-refractivity contribution is 0.0358. The van der Waals surface area contributed by atoms with Gasteiger partial charge in [-0.1, -0.05) is 41.9 Å². The third-order valence-corrected chi connectivity index (χ3v) is 2.92. The Bertz CT molecular complexity index is 373. The van der Waals surface area contributed by atoms with Crippen molar-refractivity contribution in [3.8, 4) is 0 Å². The molecule has 0 aromatic heterocycles. The van der Waals surface area contributed by atoms with Gasteiger partial charge in [0.05, 0.1) is 18.8 Å². The fraction of sp³-hybridized carbons (Fsp3) is 0.500. The summed E-state index contributed by atoms with van der Waals surface area (Å²) in [6, 6.07) is 10.1. The molecule has 1 aliphatic carbocycles. The first-order chi connectivity index (χ1) is 7.90. The Hall–Kier alpha value is -1.51. The zero-order valence-electron chi connectivity index (χ0n) is 9.12. The molecule has 4 nitrogen and oxygen atoms in total. The highest BCUT2D eigenvalue weighted by atomic mass is 16.5. The summed E-state index contributed by atoms with van der Waals surface area (Å²) in [6.07, 6.45) is 3.12. The van der Waals surface area contributed by atoms with Crippen LogP contribution in [0.2, 0.25) is 0 Å². The molecule has 4 heteroatoms. The van der Waals surface area contributed by atoms with Crippen LogP contribution in [0.15, 0.2) is 35.4 Å². The first-order valence-corrected chi connectivity index (χ1v) is 5.60. The van der Waals surface area contributed by atoms with E-state index in [-0.39, 0.29) is 12.1 Å².